The molecule has 0 amide bonds. The van der Waals surface area contributed by atoms with E-state index >= 15 is 0 Å². The van der Waals surface area contributed by atoms with Crippen LogP contribution in [0.25, 0.3) is 0 Å². The summed E-state index contributed by atoms with van der Waals surface area (Å²) < 4.78 is 0. The molecular weight excluding hydrogens is 148 g/mol. The van der Waals surface area contributed by atoms with Crippen molar-refractivity contribution in [1.82, 2.24) is 5.43 Å². The van der Waals surface area contributed by atoms with E-state index in [4.69, 9.17) is 5.84 Å². The van der Waals surface area contributed by atoms with Crippen LogP contribution in [0.4, 0.5) is 0 Å². The van der Waals surface area contributed by atoms with Crippen LogP contribution in [-0.2, 0) is 0 Å². The van der Waals surface area contributed by atoms with Gasteiger partial charge in [-0.1, -0.05) is 32.6 Å². The minimum absolute atomic E-state index is 0.558. The SMILES string of the molecule is CCC(NN)C1CCCCCC1. The maximum Gasteiger partial charge on any atom is 0.0236 e. The van der Waals surface area contributed by atoms with Gasteiger partial charge in [0.1, 0.15) is 0 Å². The van der Waals surface area contributed by atoms with E-state index in [0.717, 1.165) is 5.92 Å². The van der Waals surface area contributed by atoms with E-state index in [1.54, 1.807) is 0 Å². The molecule has 0 bridgehead atoms. The van der Waals surface area contributed by atoms with Gasteiger partial charge in [-0.15, -0.1) is 0 Å². The molecule has 0 spiro atoms. The Labute approximate surface area is 75.9 Å². The highest BCUT2D eigenvalue weighted by Gasteiger charge is 2.19. The molecule has 2 nitrogen and oxygen atoms in total. The lowest BCUT2D eigenvalue weighted by Gasteiger charge is -2.23. The van der Waals surface area contributed by atoms with E-state index in [-0.39, 0.29) is 0 Å². The average Bonchev–Trinajstić information content (AvgIpc) is 2.35. The molecule has 0 aliphatic heterocycles. The third-order valence-corrected chi connectivity index (χ3v) is 3.12. The van der Waals surface area contributed by atoms with Crippen molar-refractivity contribution in [2.75, 3.05) is 0 Å². The quantitative estimate of drug-likeness (QED) is 0.387. The lowest BCUT2D eigenvalue weighted by Crippen LogP contribution is -2.40. The molecular formula is C10H22N2. The van der Waals surface area contributed by atoms with Crippen LogP contribution in [-0.4, -0.2) is 6.04 Å². The van der Waals surface area contributed by atoms with Gasteiger partial charge in [0.15, 0.2) is 0 Å². The number of hydrogen-bond donors (Lipinski definition) is 2. The highest BCUT2D eigenvalue weighted by atomic mass is 15.2. The Morgan fingerprint density at radius 1 is 1.25 bits per heavy atom. The molecule has 0 saturated heterocycles. The first-order valence-corrected chi connectivity index (χ1v) is 5.34. The predicted octanol–water partition coefficient (Wildman–Crippen LogP) is 2.20. The Bertz CT molecular complexity index is 102. The third kappa shape index (κ3) is 2.76. The summed E-state index contributed by atoms with van der Waals surface area (Å²) in [6, 6.07) is 0.558. The van der Waals surface area contributed by atoms with Crippen LogP contribution in [0.5, 0.6) is 0 Å². The van der Waals surface area contributed by atoms with Gasteiger partial charge >= 0.3 is 0 Å². The standard InChI is InChI=1S/C10H22N2/c1-2-10(12-11)9-7-5-3-4-6-8-9/h9-10,12H,2-8,11H2,1H3. The van der Waals surface area contributed by atoms with Gasteiger partial charge in [-0.05, 0) is 25.2 Å². The zero-order valence-electron chi connectivity index (χ0n) is 8.18. The fourth-order valence-corrected chi connectivity index (χ4v) is 2.30. The molecule has 1 rings (SSSR count). The van der Waals surface area contributed by atoms with Crippen LogP contribution in [0.3, 0.4) is 0 Å². The highest BCUT2D eigenvalue weighted by Crippen LogP contribution is 2.26. The Hall–Kier alpha value is -0.0800. The van der Waals surface area contributed by atoms with Crippen molar-refractivity contribution in [3.8, 4) is 0 Å². The lowest BCUT2D eigenvalue weighted by atomic mass is 9.91. The summed E-state index contributed by atoms with van der Waals surface area (Å²) in [6.45, 7) is 2.22. The van der Waals surface area contributed by atoms with E-state index in [0.29, 0.717) is 6.04 Å². The van der Waals surface area contributed by atoms with Gasteiger partial charge in [-0.25, -0.2) is 0 Å². The minimum Gasteiger partial charge on any atom is -0.271 e. The molecule has 1 atom stereocenters. The second-order valence-corrected chi connectivity index (χ2v) is 3.93. The molecule has 0 aromatic carbocycles. The number of hydrazine groups is 1. The van der Waals surface area contributed by atoms with Crippen molar-refractivity contribution in [3.05, 3.63) is 0 Å². The maximum atomic E-state index is 5.52. The van der Waals surface area contributed by atoms with Gasteiger partial charge in [-0.3, -0.25) is 11.3 Å². The largest absolute Gasteiger partial charge is 0.271 e. The molecule has 0 heterocycles. The smallest absolute Gasteiger partial charge is 0.0236 e. The summed E-state index contributed by atoms with van der Waals surface area (Å²) in [5.41, 5.74) is 2.95. The minimum atomic E-state index is 0.558. The van der Waals surface area contributed by atoms with E-state index in [1.165, 1.54) is 44.9 Å². The van der Waals surface area contributed by atoms with Gasteiger partial charge in [0.25, 0.3) is 0 Å². The molecule has 1 unspecified atom stereocenters. The van der Waals surface area contributed by atoms with Gasteiger partial charge < -0.3 is 0 Å². The van der Waals surface area contributed by atoms with Crippen molar-refractivity contribution >= 4 is 0 Å². The first-order chi connectivity index (χ1) is 5.88. The molecule has 1 aliphatic rings. The third-order valence-electron chi connectivity index (χ3n) is 3.12. The predicted molar refractivity (Wildman–Crippen MR) is 52.6 cm³/mol. The molecule has 1 saturated carbocycles. The highest BCUT2D eigenvalue weighted by molar-refractivity contribution is 4.75. The lowest BCUT2D eigenvalue weighted by molar-refractivity contribution is 0.315. The Morgan fingerprint density at radius 3 is 2.25 bits per heavy atom. The summed E-state index contributed by atoms with van der Waals surface area (Å²) in [6.07, 6.45) is 9.59. The Balaban J connectivity index is 2.35. The second-order valence-electron chi connectivity index (χ2n) is 3.93. The van der Waals surface area contributed by atoms with Gasteiger partial charge in [0, 0.05) is 6.04 Å². The van der Waals surface area contributed by atoms with Gasteiger partial charge in [0.05, 0.1) is 0 Å². The van der Waals surface area contributed by atoms with E-state index < -0.39 is 0 Å². The summed E-state index contributed by atoms with van der Waals surface area (Å²) >= 11 is 0. The van der Waals surface area contributed by atoms with Crippen LogP contribution in [0, 0.1) is 5.92 Å². The van der Waals surface area contributed by atoms with Crippen LogP contribution in [0.15, 0.2) is 0 Å². The fourth-order valence-electron chi connectivity index (χ4n) is 2.30. The maximum absolute atomic E-state index is 5.52. The molecule has 3 N–H and O–H groups in total. The molecule has 0 aromatic heterocycles. The van der Waals surface area contributed by atoms with Crippen molar-refractivity contribution in [3.63, 3.8) is 0 Å². The number of hydrogen-bond acceptors (Lipinski definition) is 2. The molecule has 0 radical (unpaired) electrons. The zero-order valence-corrected chi connectivity index (χ0v) is 8.18. The first-order valence-electron chi connectivity index (χ1n) is 5.34. The van der Waals surface area contributed by atoms with Crippen molar-refractivity contribution in [2.24, 2.45) is 11.8 Å². The average molecular weight is 170 g/mol. The zero-order chi connectivity index (χ0) is 8.81. The van der Waals surface area contributed by atoms with Crippen molar-refractivity contribution < 1.29 is 0 Å². The van der Waals surface area contributed by atoms with Crippen LogP contribution >= 0.6 is 0 Å². The number of rotatable bonds is 3. The van der Waals surface area contributed by atoms with Gasteiger partial charge in [-0.2, -0.15) is 0 Å². The van der Waals surface area contributed by atoms with E-state index in [1.807, 2.05) is 0 Å². The van der Waals surface area contributed by atoms with Crippen LogP contribution in [0.2, 0.25) is 0 Å². The normalized spacial score (nSPS) is 23.5. The molecule has 12 heavy (non-hydrogen) atoms. The molecule has 1 aliphatic carbocycles. The fraction of sp³-hybridized carbons (Fsp3) is 1.00. The van der Waals surface area contributed by atoms with Gasteiger partial charge in [0.2, 0.25) is 0 Å². The molecule has 1 fully saturated rings. The first kappa shape index (κ1) is 10.0. The van der Waals surface area contributed by atoms with Crippen LogP contribution < -0.4 is 11.3 Å². The van der Waals surface area contributed by atoms with Crippen LogP contribution in [0.1, 0.15) is 51.9 Å². The monoisotopic (exact) mass is 170 g/mol. The molecule has 2 heteroatoms. The second kappa shape index (κ2) is 5.55. The molecule has 0 aromatic rings. The topological polar surface area (TPSA) is 38.0 Å². The summed E-state index contributed by atoms with van der Waals surface area (Å²) in [5, 5.41) is 0. The van der Waals surface area contributed by atoms with E-state index in [2.05, 4.69) is 12.3 Å². The Kier molecular flexibility index (Phi) is 4.62. The van der Waals surface area contributed by atoms with Crippen molar-refractivity contribution in [1.29, 1.82) is 0 Å². The summed E-state index contributed by atoms with van der Waals surface area (Å²) in [4.78, 5) is 0. The van der Waals surface area contributed by atoms with Crippen molar-refractivity contribution in [2.45, 2.75) is 57.9 Å². The number of nitrogens with one attached hydrogen (secondary N) is 1. The molecule has 72 valence electrons. The summed E-state index contributed by atoms with van der Waals surface area (Å²) in [5.74, 6) is 6.35. The summed E-state index contributed by atoms with van der Waals surface area (Å²) in [7, 11) is 0. The van der Waals surface area contributed by atoms with E-state index in [9.17, 15) is 0 Å². The number of nitrogens with two attached hydrogens (primary N) is 1. The Morgan fingerprint density at radius 2 is 1.83 bits per heavy atom.